The fraction of sp³-hybridized carbons (Fsp3) is 0.0909. The Labute approximate surface area is 159 Å². The molecule has 6 nitrogen and oxygen atoms in total. The molecule has 0 spiro atoms. The maximum absolute atomic E-state index is 12.4. The van der Waals surface area contributed by atoms with Gasteiger partial charge in [0.25, 0.3) is 0 Å². The molecule has 0 bridgehead atoms. The van der Waals surface area contributed by atoms with Crippen molar-refractivity contribution in [2.75, 3.05) is 0 Å². The highest BCUT2D eigenvalue weighted by Gasteiger charge is 2.29. The SMILES string of the molecule is CC1=CC(=O)c2c(O)cc(-c3cc(O)c4c(c3)C(=O)C=C(C)C4=O)cc2C1=O. The zero-order valence-corrected chi connectivity index (χ0v) is 15.0. The number of phenols is 2. The van der Waals surface area contributed by atoms with Gasteiger partial charge >= 0.3 is 0 Å². The standard InChI is InChI=1S/C22H14O6/c1-9-4-16(24)19-14(21(9)27)6-12(7-17(19)25)11-5-13-15(23)3-10(2)22(28)20(13)18(26)8-11/h3-8,25-26H,1-2H3. The molecule has 0 radical (unpaired) electrons. The number of phenolic OH excluding ortho intramolecular Hbond substituents is 2. The van der Waals surface area contributed by atoms with Crippen molar-refractivity contribution in [1.82, 2.24) is 0 Å². The molecule has 4 rings (SSSR count). The molecule has 0 amide bonds. The molecule has 0 aliphatic heterocycles. The minimum absolute atomic E-state index is 0.0429. The van der Waals surface area contributed by atoms with Crippen LogP contribution in [-0.2, 0) is 0 Å². The third-order valence-corrected chi connectivity index (χ3v) is 4.96. The van der Waals surface area contributed by atoms with E-state index >= 15 is 0 Å². The highest BCUT2D eigenvalue weighted by atomic mass is 16.3. The minimum atomic E-state index is -0.467. The summed E-state index contributed by atoms with van der Waals surface area (Å²) in [6.07, 6.45) is 2.38. The Balaban J connectivity index is 1.93. The number of hydrogen-bond donors (Lipinski definition) is 2. The first-order chi connectivity index (χ1) is 13.2. The van der Waals surface area contributed by atoms with E-state index in [0.717, 1.165) is 0 Å². The third kappa shape index (κ3) is 2.42. The van der Waals surface area contributed by atoms with Crippen molar-refractivity contribution in [2.45, 2.75) is 13.8 Å². The molecule has 28 heavy (non-hydrogen) atoms. The normalized spacial score (nSPS) is 15.8. The second-order valence-electron chi connectivity index (χ2n) is 6.88. The van der Waals surface area contributed by atoms with Crippen LogP contribution in [-0.4, -0.2) is 33.3 Å². The topological polar surface area (TPSA) is 109 Å². The van der Waals surface area contributed by atoms with E-state index in [4.69, 9.17) is 0 Å². The molecule has 0 aromatic heterocycles. The van der Waals surface area contributed by atoms with Gasteiger partial charge in [-0.05, 0) is 61.4 Å². The van der Waals surface area contributed by atoms with Gasteiger partial charge in [-0.15, -0.1) is 0 Å². The maximum Gasteiger partial charge on any atom is 0.193 e. The van der Waals surface area contributed by atoms with Crippen LogP contribution in [0, 0.1) is 0 Å². The Morgan fingerprint density at radius 3 is 1.75 bits per heavy atom. The first-order valence-electron chi connectivity index (χ1n) is 8.48. The summed E-state index contributed by atoms with van der Waals surface area (Å²) in [5.41, 5.74) is 1.10. The van der Waals surface area contributed by atoms with Gasteiger partial charge in [0.05, 0.1) is 11.1 Å². The van der Waals surface area contributed by atoms with E-state index < -0.39 is 23.1 Å². The van der Waals surface area contributed by atoms with Crippen LogP contribution in [0.25, 0.3) is 11.1 Å². The zero-order chi connectivity index (χ0) is 20.3. The van der Waals surface area contributed by atoms with Gasteiger partial charge in [0.15, 0.2) is 23.1 Å². The monoisotopic (exact) mass is 374 g/mol. The fourth-order valence-corrected chi connectivity index (χ4v) is 3.54. The highest BCUT2D eigenvalue weighted by Crippen LogP contribution is 2.38. The van der Waals surface area contributed by atoms with Crippen molar-refractivity contribution < 1.29 is 29.4 Å². The summed E-state index contributed by atoms with van der Waals surface area (Å²) in [7, 11) is 0. The number of hydrogen-bond acceptors (Lipinski definition) is 6. The molecular weight excluding hydrogens is 360 g/mol. The summed E-state index contributed by atoms with van der Waals surface area (Å²) in [6.45, 7) is 3.01. The van der Waals surface area contributed by atoms with Crippen molar-refractivity contribution in [3.8, 4) is 22.6 Å². The molecule has 2 N–H and O–H groups in total. The number of fused-ring (bicyclic) bond motifs is 2. The molecule has 0 unspecified atom stereocenters. The van der Waals surface area contributed by atoms with E-state index in [1.54, 1.807) is 0 Å². The largest absolute Gasteiger partial charge is 0.507 e. The Morgan fingerprint density at radius 1 is 0.607 bits per heavy atom. The summed E-state index contributed by atoms with van der Waals surface area (Å²) in [6, 6.07) is 5.44. The Kier molecular flexibility index (Phi) is 3.68. The van der Waals surface area contributed by atoms with Crippen molar-refractivity contribution in [1.29, 1.82) is 0 Å². The van der Waals surface area contributed by atoms with Crippen molar-refractivity contribution in [3.05, 3.63) is 69.8 Å². The van der Waals surface area contributed by atoms with Gasteiger partial charge in [-0.1, -0.05) is 0 Å². The van der Waals surface area contributed by atoms with E-state index in [9.17, 15) is 29.4 Å². The second kappa shape index (κ2) is 5.85. The van der Waals surface area contributed by atoms with Crippen molar-refractivity contribution in [3.63, 3.8) is 0 Å². The van der Waals surface area contributed by atoms with Gasteiger partial charge in [-0.2, -0.15) is 0 Å². The average molecular weight is 374 g/mol. The quantitative estimate of drug-likeness (QED) is 0.792. The Bertz CT molecular complexity index is 1210. The van der Waals surface area contributed by atoms with Crippen LogP contribution in [0.2, 0.25) is 0 Å². The molecule has 138 valence electrons. The Morgan fingerprint density at radius 2 is 1.11 bits per heavy atom. The second-order valence-corrected chi connectivity index (χ2v) is 6.88. The minimum Gasteiger partial charge on any atom is -0.507 e. The van der Waals surface area contributed by atoms with Crippen LogP contribution in [0.1, 0.15) is 55.3 Å². The van der Waals surface area contributed by atoms with E-state index in [2.05, 4.69) is 0 Å². The zero-order valence-electron chi connectivity index (χ0n) is 15.0. The summed E-state index contributed by atoms with van der Waals surface area (Å²) in [4.78, 5) is 49.2. The maximum atomic E-state index is 12.4. The van der Waals surface area contributed by atoms with E-state index in [1.807, 2.05) is 0 Å². The number of aromatic hydroxyl groups is 2. The predicted octanol–water partition coefficient (Wildman–Crippen LogP) is 3.42. The molecule has 0 saturated heterocycles. The summed E-state index contributed by atoms with van der Waals surface area (Å²) < 4.78 is 0. The number of rotatable bonds is 1. The molecule has 2 aliphatic carbocycles. The molecule has 0 heterocycles. The summed E-state index contributed by atoms with van der Waals surface area (Å²) >= 11 is 0. The van der Waals surface area contributed by atoms with E-state index in [-0.39, 0.29) is 44.9 Å². The highest BCUT2D eigenvalue weighted by molar-refractivity contribution is 6.27. The number of carbonyl (C=O) groups is 4. The summed E-state index contributed by atoms with van der Waals surface area (Å²) in [5, 5.41) is 20.7. The van der Waals surface area contributed by atoms with Gasteiger partial charge in [0.2, 0.25) is 0 Å². The molecule has 6 heteroatoms. The lowest BCUT2D eigenvalue weighted by Crippen LogP contribution is -2.16. The molecule has 0 fully saturated rings. The van der Waals surface area contributed by atoms with Gasteiger partial charge in [0.1, 0.15) is 11.5 Å². The van der Waals surface area contributed by atoms with Gasteiger partial charge in [0, 0.05) is 22.3 Å². The van der Waals surface area contributed by atoms with Crippen LogP contribution in [0.3, 0.4) is 0 Å². The molecule has 2 aromatic carbocycles. The van der Waals surface area contributed by atoms with Crippen molar-refractivity contribution in [2.24, 2.45) is 0 Å². The van der Waals surface area contributed by atoms with Gasteiger partial charge in [-0.3, -0.25) is 19.2 Å². The van der Waals surface area contributed by atoms with Crippen molar-refractivity contribution >= 4 is 23.1 Å². The fourth-order valence-electron chi connectivity index (χ4n) is 3.54. The lowest BCUT2D eigenvalue weighted by molar-refractivity contribution is 0.0982. The van der Waals surface area contributed by atoms with E-state index in [1.165, 1.54) is 50.3 Å². The van der Waals surface area contributed by atoms with Crippen LogP contribution in [0.15, 0.2) is 47.6 Å². The number of ketones is 4. The van der Waals surface area contributed by atoms with Crippen LogP contribution in [0.5, 0.6) is 11.5 Å². The number of carbonyl (C=O) groups excluding carboxylic acids is 4. The third-order valence-electron chi connectivity index (χ3n) is 4.96. The first-order valence-corrected chi connectivity index (χ1v) is 8.48. The van der Waals surface area contributed by atoms with Gasteiger partial charge < -0.3 is 10.2 Å². The number of Topliss-reactive ketones (excluding diaryl/α,β-unsaturated/α-hetero) is 2. The van der Waals surface area contributed by atoms with Gasteiger partial charge in [-0.25, -0.2) is 0 Å². The molecule has 2 aliphatic rings. The van der Waals surface area contributed by atoms with Crippen LogP contribution >= 0.6 is 0 Å². The van der Waals surface area contributed by atoms with Crippen LogP contribution < -0.4 is 0 Å². The van der Waals surface area contributed by atoms with E-state index in [0.29, 0.717) is 11.1 Å². The number of allylic oxidation sites excluding steroid dienone is 4. The first kappa shape index (κ1) is 17.6. The molecule has 0 atom stereocenters. The Hall–Kier alpha value is -3.80. The smallest absolute Gasteiger partial charge is 0.193 e. The average Bonchev–Trinajstić information content (AvgIpc) is 2.63. The van der Waals surface area contributed by atoms with Crippen LogP contribution in [0.4, 0.5) is 0 Å². The summed E-state index contributed by atoms with van der Waals surface area (Å²) in [5.74, 6) is -2.45. The molecular formula is C22H14O6. The lowest BCUT2D eigenvalue weighted by atomic mass is 9.84. The molecule has 2 aromatic rings. The number of benzene rings is 2. The molecule has 0 saturated carbocycles. The lowest BCUT2D eigenvalue weighted by Gasteiger charge is -2.18. The predicted molar refractivity (Wildman–Crippen MR) is 100 cm³/mol.